The zero-order chi connectivity index (χ0) is 11.3. The molecule has 0 bridgehead atoms. The van der Waals surface area contributed by atoms with Gasteiger partial charge >= 0.3 is 0 Å². The second-order valence-electron chi connectivity index (χ2n) is 5.50. The molecule has 1 N–H and O–H groups in total. The summed E-state index contributed by atoms with van der Waals surface area (Å²) < 4.78 is 0. The van der Waals surface area contributed by atoms with Crippen LogP contribution in [0.4, 0.5) is 0 Å². The fourth-order valence-corrected chi connectivity index (χ4v) is 2.93. The van der Waals surface area contributed by atoms with Crippen LogP contribution in [0.5, 0.6) is 0 Å². The fourth-order valence-electron chi connectivity index (χ4n) is 2.93. The third-order valence-electron chi connectivity index (χ3n) is 4.30. The van der Waals surface area contributed by atoms with Crippen LogP contribution < -0.4 is 5.32 Å². The van der Waals surface area contributed by atoms with E-state index in [-0.39, 0.29) is 0 Å². The van der Waals surface area contributed by atoms with Gasteiger partial charge in [0.25, 0.3) is 0 Å². The summed E-state index contributed by atoms with van der Waals surface area (Å²) in [5, 5.41) is 3.72. The van der Waals surface area contributed by atoms with E-state index in [1.165, 1.54) is 38.6 Å². The first-order valence-electron chi connectivity index (χ1n) is 6.92. The average Bonchev–Trinajstić information content (AvgIpc) is 2.24. The lowest BCUT2D eigenvalue weighted by Gasteiger charge is -2.36. The molecule has 4 unspecified atom stereocenters. The van der Waals surface area contributed by atoms with E-state index in [9.17, 15) is 0 Å². The number of hydrogen-bond donors (Lipinski definition) is 1. The Morgan fingerprint density at radius 3 is 2.40 bits per heavy atom. The summed E-state index contributed by atoms with van der Waals surface area (Å²) in [7, 11) is 0. The molecule has 0 aromatic rings. The molecule has 90 valence electrons. The number of rotatable bonds is 5. The molecule has 0 radical (unpaired) electrons. The fraction of sp³-hybridized carbons (Fsp3) is 1.00. The van der Waals surface area contributed by atoms with Gasteiger partial charge in [0.15, 0.2) is 0 Å². The molecule has 1 fully saturated rings. The summed E-state index contributed by atoms with van der Waals surface area (Å²) >= 11 is 0. The quantitative estimate of drug-likeness (QED) is 0.728. The predicted molar refractivity (Wildman–Crippen MR) is 68.0 cm³/mol. The van der Waals surface area contributed by atoms with Crippen molar-refractivity contribution in [2.24, 2.45) is 17.8 Å². The van der Waals surface area contributed by atoms with Crippen LogP contribution >= 0.6 is 0 Å². The van der Waals surface area contributed by atoms with Crippen LogP contribution in [0.2, 0.25) is 0 Å². The van der Waals surface area contributed by atoms with E-state index in [2.05, 4.69) is 33.0 Å². The molecule has 0 aromatic carbocycles. The van der Waals surface area contributed by atoms with Gasteiger partial charge in [-0.2, -0.15) is 0 Å². The van der Waals surface area contributed by atoms with Gasteiger partial charge in [-0.3, -0.25) is 0 Å². The predicted octanol–water partition coefficient (Wildman–Crippen LogP) is 3.84. The summed E-state index contributed by atoms with van der Waals surface area (Å²) in [5.74, 6) is 2.82. The zero-order valence-corrected chi connectivity index (χ0v) is 11.1. The van der Waals surface area contributed by atoms with Gasteiger partial charge in [-0.25, -0.2) is 0 Å². The topological polar surface area (TPSA) is 12.0 Å². The highest BCUT2D eigenvalue weighted by molar-refractivity contribution is 4.83. The summed E-state index contributed by atoms with van der Waals surface area (Å²) in [6.45, 7) is 10.6. The van der Waals surface area contributed by atoms with Gasteiger partial charge in [-0.1, -0.05) is 34.1 Å². The van der Waals surface area contributed by atoms with Crippen molar-refractivity contribution in [2.75, 3.05) is 6.54 Å². The maximum atomic E-state index is 3.72. The van der Waals surface area contributed by atoms with Crippen LogP contribution in [0.3, 0.4) is 0 Å². The SMILES string of the molecule is CCCNC(CC)C1CCC(C)C(C)C1. The Hall–Kier alpha value is -0.0400. The van der Waals surface area contributed by atoms with Gasteiger partial charge in [-0.15, -0.1) is 0 Å². The first kappa shape index (κ1) is 13.0. The monoisotopic (exact) mass is 211 g/mol. The van der Waals surface area contributed by atoms with Crippen molar-refractivity contribution in [1.29, 1.82) is 0 Å². The Balaban J connectivity index is 2.39. The Morgan fingerprint density at radius 2 is 1.87 bits per heavy atom. The van der Waals surface area contributed by atoms with E-state index in [1.54, 1.807) is 0 Å². The van der Waals surface area contributed by atoms with Crippen molar-refractivity contribution in [2.45, 2.75) is 65.8 Å². The molecule has 0 saturated heterocycles. The van der Waals surface area contributed by atoms with Crippen LogP contribution in [0, 0.1) is 17.8 Å². The van der Waals surface area contributed by atoms with Crippen molar-refractivity contribution in [3.8, 4) is 0 Å². The van der Waals surface area contributed by atoms with Crippen LogP contribution in [0.15, 0.2) is 0 Å². The molecule has 0 amide bonds. The van der Waals surface area contributed by atoms with Gasteiger partial charge in [0.2, 0.25) is 0 Å². The van der Waals surface area contributed by atoms with E-state index in [4.69, 9.17) is 0 Å². The molecule has 0 aliphatic heterocycles. The molecule has 0 heterocycles. The van der Waals surface area contributed by atoms with Crippen molar-refractivity contribution in [3.63, 3.8) is 0 Å². The second kappa shape index (κ2) is 6.52. The minimum Gasteiger partial charge on any atom is -0.314 e. The second-order valence-corrected chi connectivity index (χ2v) is 5.50. The average molecular weight is 211 g/mol. The Kier molecular flexibility index (Phi) is 5.66. The van der Waals surface area contributed by atoms with Crippen molar-refractivity contribution < 1.29 is 0 Å². The van der Waals surface area contributed by atoms with Crippen molar-refractivity contribution in [3.05, 3.63) is 0 Å². The third-order valence-corrected chi connectivity index (χ3v) is 4.30. The maximum absolute atomic E-state index is 3.72. The van der Waals surface area contributed by atoms with Crippen molar-refractivity contribution in [1.82, 2.24) is 5.32 Å². The van der Waals surface area contributed by atoms with Crippen LogP contribution in [0.1, 0.15) is 59.8 Å². The highest BCUT2D eigenvalue weighted by atomic mass is 14.9. The van der Waals surface area contributed by atoms with E-state index >= 15 is 0 Å². The van der Waals surface area contributed by atoms with E-state index in [0.29, 0.717) is 0 Å². The lowest BCUT2D eigenvalue weighted by molar-refractivity contribution is 0.168. The third kappa shape index (κ3) is 3.79. The molecule has 4 atom stereocenters. The van der Waals surface area contributed by atoms with Gasteiger partial charge in [0, 0.05) is 6.04 Å². The summed E-state index contributed by atoms with van der Waals surface area (Å²) in [4.78, 5) is 0. The molecular weight excluding hydrogens is 182 g/mol. The van der Waals surface area contributed by atoms with Crippen LogP contribution in [-0.4, -0.2) is 12.6 Å². The molecule has 1 nitrogen and oxygen atoms in total. The van der Waals surface area contributed by atoms with E-state index < -0.39 is 0 Å². The van der Waals surface area contributed by atoms with Crippen molar-refractivity contribution >= 4 is 0 Å². The smallest absolute Gasteiger partial charge is 0.00928 e. The zero-order valence-electron chi connectivity index (χ0n) is 11.1. The molecule has 1 saturated carbocycles. The van der Waals surface area contributed by atoms with E-state index in [1.807, 2.05) is 0 Å². The molecule has 1 heteroatoms. The molecule has 15 heavy (non-hydrogen) atoms. The summed E-state index contributed by atoms with van der Waals surface area (Å²) in [6, 6.07) is 0.778. The van der Waals surface area contributed by atoms with E-state index in [0.717, 1.165) is 23.8 Å². The molecule has 0 spiro atoms. The minimum absolute atomic E-state index is 0.778. The highest BCUT2D eigenvalue weighted by Gasteiger charge is 2.28. The van der Waals surface area contributed by atoms with Gasteiger partial charge < -0.3 is 5.32 Å². The Labute approximate surface area is 96.0 Å². The maximum Gasteiger partial charge on any atom is 0.00928 e. The van der Waals surface area contributed by atoms with Crippen LogP contribution in [-0.2, 0) is 0 Å². The molecule has 1 aliphatic rings. The standard InChI is InChI=1S/C14H29N/c1-5-9-15-14(6-2)13-8-7-11(3)12(4)10-13/h11-15H,5-10H2,1-4H3. The number of hydrogen-bond acceptors (Lipinski definition) is 1. The molecule has 1 rings (SSSR count). The Bertz CT molecular complexity index is 167. The first-order chi connectivity index (χ1) is 7.19. The summed E-state index contributed by atoms with van der Waals surface area (Å²) in [5.41, 5.74) is 0. The van der Waals surface area contributed by atoms with Crippen LogP contribution in [0.25, 0.3) is 0 Å². The summed E-state index contributed by atoms with van der Waals surface area (Å²) in [6.07, 6.45) is 6.88. The molecule has 1 aliphatic carbocycles. The van der Waals surface area contributed by atoms with Gasteiger partial charge in [0.05, 0.1) is 0 Å². The highest BCUT2D eigenvalue weighted by Crippen LogP contribution is 2.35. The molecular formula is C14H29N. The Morgan fingerprint density at radius 1 is 1.13 bits per heavy atom. The normalized spacial score (nSPS) is 34.0. The minimum atomic E-state index is 0.778. The lowest BCUT2D eigenvalue weighted by Crippen LogP contribution is -2.39. The molecule has 0 aromatic heterocycles. The largest absolute Gasteiger partial charge is 0.314 e. The first-order valence-corrected chi connectivity index (χ1v) is 6.92. The number of nitrogens with one attached hydrogen (secondary N) is 1. The van der Waals surface area contributed by atoms with Gasteiger partial charge in [0.1, 0.15) is 0 Å². The lowest BCUT2D eigenvalue weighted by atomic mass is 9.73. The van der Waals surface area contributed by atoms with Gasteiger partial charge in [-0.05, 0) is 50.0 Å².